The van der Waals surface area contributed by atoms with Crippen LogP contribution >= 0.6 is 0 Å². The number of carbonyl (C=O) groups excluding carboxylic acids is 1. The van der Waals surface area contributed by atoms with Gasteiger partial charge >= 0.3 is 0 Å². The van der Waals surface area contributed by atoms with Crippen molar-refractivity contribution in [3.8, 4) is 17.2 Å². The second-order valence-corrected chi connectivity index (χ2v) is 7.75. The van der Waals surface area contributed by atoms with Crippen LogP contribution in [0.2, 0.25) is 0 Å². The van der Waals surface area contributed by atoms with Crippen LogP contribution in [0.1, 0.15) is 54.4 Å². The van der Waals surface area contributed by atoms with Crippen molar-refractivity contribution in [1.82, 2.24) is 0 Å². The van der Waals surface area contributed by atoms with Gasteiger partial charge in [0, 0.05) is 12.8 Å². The van der Waals surface area contributed by atoms with Crippen LogP contribution in [0.15, 0.2) is 48.5 Å². The van der Waals surface area contributed by atoms with E-state index in [0.717, 1.165) is 44.1 Å². The molecule has 2 aromatic rings. The number of ketones is 1. The Kier molecular flexibility index (Phi) is 7.22. The summed E-state index contributed by atoms with van der Waals surface area (Å²) >= 11 is 0. The fourth-order valence-corrected chi connectivity index (χ4v) is 3.65. The predicted molar refractivity (Wildman–Crippen MR) is 116 cm³/mol. The number of aromatic hydroxyl groups is 1. The molecule has 0 bridgehead atoms. The van der Waals surface area contributed by atoms with Gasteiger partial charge in [0.2, 0.25) is 0 Å². The highest BCUT2D eigenvalue weighted by molar-refractivity contribution is 6.08. The summed E-state index contributed by atoms with van der Waals surface area (Å²) in [6.45, 7) is 1.38. The van der Waals surface area contributed by atoms with Gasteiger partial charge in [-0.1, -0.05) is 24.3 Å². The van der Waals surface area contributed by atoms with Gasteiger partial charge < -0.3 is 24.1 Å². The summed E-state index contributed by atoms with van der Waals surface area (Å²) in [5.74, 6) is 0.863. The first-order chi connectivity index (χ1) is 15.2. The number of phenols is 1. The van der Waals surface area contributed by atoms with E-state index in [9.17, 15) is 9.90 Å². The maximum absolute atomic E-state index is 12.4. The van der Waals surface area contributed by atoms with Crippen molar-refractivity contribution in [2.45, 2.75) is 51.1 Å². The Balaban J connectivity index is 1.52. The number of hydrogen-bond acceptors (Lipinski definition) is 6. The lowest BCUT2D eigenvalue weighted by atomic mass is 10.1. The van der Waals surface area contributed by atoms with Crippen LogP contribution in [-0.2, 0) is 9.47 Å². The van der Waals surface area contributed by atoms with Gasteiger partial charge in [0.15, 0.2) is 29.9 Å². The smallest absolute Gasteiger partial charge is 0.200 e. The number of carbonyl (C=O) groups is 1. The molecule has 2 heterocycles. The van der Waals surface area contributed by atoms with E-state index < -0.39 is 0 Å². The Labute approximate surface area is 182 Å². The van der Waals surface area contributed by atoms with Gasteiger partial charge in [-0.25, -0.2) is 0 Å². The van der Waals surface area contributed by atoms with Crippen LogP contribution < -0.4 is 9.47 Å². The van der Waals surface area contributed by atoms with Gasteiger partial charge in [0.1, 0.15) is 5.75 Å². The Bertz CT molecular complexity index is 910. The van der Waals surface area contributed by atoms with Gasteiger partial charge in [-0.3, -0.25) is 4.79 Å². The Hall–Kier alpha value is -2.83. The summed E-state index contributed by atoms with van der Waals surface area (Å²) < 4.78 is 23.6. The first-order valence-electron chi connectivity index (χ1n) is 10.9. The molecule has 2 aliphatic rings. The van der Waals surface area contributed by atoms with Gasteiger partial charge in [-0.05, 0) is 61.6 Å². The third-order valence-electron chi connectivity index (χ3n) is 5.36. The fourth-order valence-electron chi connectivity index (χ4n) is 3.65. The van der Waals surface area contributed by atoms with Crippen molar-refractivity contribution in [1.29, 1.82) is 0 Å². The summed E-state index contributed by atoms with van der Waals surface area (Å²) in [6.07, 6.45) is 8.42. The highest BCUT2D eigenvalue weighted by atomic mass is 16.7. The highest BCUT2D eigenvalue weighted by Crippen LogP contribution is 2.33. The molecule has 0 aliphatic carbocycles. The Morgan fingerprint density at radius 2 is 1.58 bits per heavy atom. The van der Waals surface area contributed by atoms with Gasteiger partial charge in [0.05, 0.1) is 18.8 Å². The van der Waals surface area contributed by atoms with Crippen molar-refractivity contribution in [2.75, 3.05) is 13.2 Å². The van der Waals surface area contributed by atoms with Crippen molar-refractivity contribution >= 4 is 11.9 Å². The quantitative estimate of drug-likeness (QED) is 0.492. The first kappa shape index (κ1) is 21.4. The lowest BCUT2D eigenvalue weighted by molar-refractivity contribution is -0.119. The van der Waals surface area contributed by atoms with Gasteiger partial charge in [0.25, 0.3) is 0 Å². The van der Waals surface area contributed by atoms with E-state index >= 15 is 0 Å². The third kappa shape index (κ3) is 5.87. The van der Waals surface area contributed by atoms with E-state index in [2.05, 4.69) is 0 Å². The Morgan fingerprint density at radius 3 is 2.23 bits per heavy atom. The van der Waals surface area contributed by atoms with Crippen LogP contribution in [0.4, 0.5) is 0 Å². The van der Waals surface area contributed by atoms with E-state index in [4.69, 9.17) is 18.9 Å². The van der Waals surface area contributed by atoms with E-state index in [1.54, 1.807) is 24.3 Å². The molecule has 0 spiro atoms. The molecule has 2 fully saturated rings. The van der Waals surface area contributed by atoms with Crippen molar-refractivity contribution in [2.24, 2.45) is 0 Å². The van der Waals surface area contributed by atoms with Gasteiger partial charge in [-0.2, -0.15) is 0 Å². The minimum absolute atomic E-state index is 0.0353. The molecule has 0 saturated carbocycles. The van der Waals surface area contributed by atoms with E-state index in [-0.39, 0.29) is 29.7 Å². The van der Waals surface area contributed by atoms with Crippen LogP contribution in [0.5, 0.6) is 17.2 Å². The van der Waals surface area contributed by atoms with Crippen LogP contribution in [0.3, 0.4) is 0 Å². The van der Waals surface area contributed by atoms with Crippen molar-refractivity contribution < 1.29 is 28.8 Å². The number of ether oxygens (including phenoxy) is 4. The molecule has 6 heteroatoms. The fraction of sp³-hybridized carbons (Fsp3) is 0.400. The molecule has 2 aromatic carbocycles. The molecule has 31 heavy (non-hydrogen) atoms. The SMILES string of the molecule is O=C(C=Cc1ccc(OC2CCCCO2)c(OC2CCCCO2)c1)c1ccccc1O. The van der Waals surface area contributed by atoms with E-state index in [1.807, 2.05) is 18.2 Å². The number of hydrogen-bond donors (Lipinski definition) is 1. The maximum atomic E-state index is 12.4. The van der Waals surface area contributed by atoms with E-state index in [1.165, 1.54) is 12.1 Å². The second-order valence-electron chi connectivity index (χ2n) is 7.75. The van der Waals surface area contributed by atoms with Crippen LogP contribution in [-0.4, -0.2) is 36.7 Å². The molecule has 2 unspecified atom stereocenters. The van der Waals surface area contributed by atoms with Crippen LogP contribution in [0.25, 0.3) is 6.08 Å². The lowest BCUT2D eigenvalue weighted by Crippen LogP contribution is -2.27. The van der Waals surface area contributed by atoms with Crippen molar-refractivity contribution in [3.05, 3.63) is 59.7 Å². The summed E-state index contributed by atoms with van der Waals surface area (Å²) in [6, 6.07) is 12.0. The molecule has 0 radical (unpaired) electrons. The summed E-state index contributed by atoms with van der Waals surface area (Å²) in [7, 11) is 0. The predicted octanol–water partition coefficient (Wildman–Crippen LogP) is 5.10. The number of para-hydroxylation sites is 1. The normalized spacial score (nSPS) is 21.7. The number of phenolic OH excluding ortho intramolecular Hbond substituents is 1. The highest BCUT2D eigenvalue weighted by Gasteiger charge is 2.21. The molecular formula is C25H28O6. The summed E-state index contributed by atoms with van der Waals surface area (Å²) in [5, 5.41) is 9.88. The topological polar surface area (TPSA) is 74.2 Å². The molecule has 164 valence electrons. The van der Waals surface area contributed by atoms with Crippen molar-refractivity contribution in [3.63, 3.8) is 0 Å². The second kappa shape index (κ2) is 10.5. The summed E-state index contributed by atoms with van der Waals surface area (Å²) in [5.41, 5.74) is 1.05. The molecular weight excluding hydrogens is 396 g/mol. The van der Waals surface area contributed by atoms with Gasteiger partial charge in [-0.15, -0.1) is 0 Å². The third-order valence-corrected chi connectivity index (χ3v) is 5.36. The van der Waals surface area contributed by atoms with E-state index in [0.29, 0.717) is 24.7 Å². The zero-order valence-electron chi connectivity index (χ0n) is 17.5. The monoisotopic (exact) mass is 424 g/mol. The maximum Gasteiger partial charge on any atom is 0.200 e. The minimum Gasteiger partial charge on any atom is -0.507 e. The molecule has 2 atom stereocenters. The molecule has 2 saturated heterocycles. The Morgan fingerprint density at radius 1 is 0.903 bits per heavy atom. The molecule has 1 N–H and O–H groups in total. The standard InChI is InChI=1S/C25H28O6/c26-20-8-2-1-7-19(20)21(27)13-11-18-12-14-22(30-24-9-3-5-15-28-24)23(17-18)31-25-10-4-6-16-29-25/h1-2,7-8,11-14,17,24-26H,3-6,9-10,15-16H2. The molecule has 4 rings (SSSR count). The molecule has 2 aliphatic heterocycles. The minimum atomic E-state index is -0.314. The zero-order chi connectivity index (χ0) is 21.5. The number of allylic oxidation sites excluding steroid dienone is 1. The average molecular weight is 424 g/mol. The number of benzene rings is 2. The molecule has 0 aromatic heterocycles. The zero-order valence-corrected chi connectivity index (χ0v) is 17.5. The molecule has 6 nitrogen and oxygen atoms in total. The first-order valence-corrected chi connectivity index (χ1v) is 10.9. The number of rotatable bonds is 7. The largest absolute Gasteiger partial charge is 0.507 e. The molecule has 0 amide bonds. The van der Waals surface area contributed by atoms with Crippen LogP contribution in [0, 0.1) is 0 Å². The average Bonchev–Trinajstić information content (AvgIpc) is 2.80. The lowest BCUT2D eigenvalue weighted by Gasteiger charge is -2.27. The summed E-state index contributed by atoms with van der Waals surface area (Å²) in [4.78, 5) is 12.4.